The van der Waals surface area contributed by atoms with Crippen LogP contribution < -0.4 is 20.1 Å². The van der Waals surface area contributed by atoms with Gasteiger partial charge in [-0.05, 0) is 30.2 Å². The number of ether oxygens (including phenoxy) is 3. The molecule has 0 aliphatic rings. The summed E-state index contributed by atoms with van der Waals surface area (Å²) in [7, 11) is 4.97. The molecule has 0 aliphatic heterocycles. The summed E-state index contributed by atoms with van der Waals surface area (Å²) in [5.41, 5.74) is 2.17. The summed E-state index contributed by atoms with van der Waals surface area (Å²) in [6, 6.07) is 15.9. The fourth-order valence-electron chi connectivity index (χ4n) is 2.69. The fraction of sp³-hybridized carbons (Fsp3) is 0.381. The molecule has 0 bridgehead atoms. The summed E-state index contributed by atoms with van der Waals surface area (Å²) in [5.74, 6) is 2.15. The molecule has 2 aromatic rings. The Labute approximate surface area is 161 Å². The van der Waals surface area contributed by atoms with Gasteiger partial charge in [-0.2, -0.15) is 0 Å². The van der Waals surface area contributed by atoms with Crippen molar-refractivity contribution in [2.75, 3.05) is 34.4 Å². The molecule has 0 fully saturated rings. The van der Waals surface area contributed by atoms with Crippen LogP contribution in [0.3, 0.4) is 0 Å². The first-order chi connectivity index (χ1) is 13.2. The summed E-state index contributed by atoms with van der Waals surface area (Å²) in [6.07, 6.45) is -0.0452. The van der Waals surface area contributed by atoms with Gasteiger partial charge in [0.2, 0.25) is 0 Å². The largest absolute Gasteiger partial charge is 0.493 e. The molecule has 27 heavy (non-hydrogen) atoms. The maximum absolute atomic E-state index is 5.61. The molecule has 146 valence electrons. The Balaban J connectivity index is 2.03. The van der Waals surface area contributed by atoms with Crippen molar-refractivity contribution in [2.45, 2.75) is 19.6 Å². The van der Waals surface area contributed by atoms with Crippen molar-refractivity contribution in [1.29, 1.82) is 0 Å². The van der Waals surface area contributed by atoms with E-state index in [9.17, 15) is 0 Å². The molecule has 2 rings (SSSR count). The van der Waals surface area contributed by atoms with Crippen molar-refractivity contribution in [3.05, 3.63) is 59.7 Å². The van der Waals surface area contributed by atoms with E-state index in [1.54, 1.807) is 21.3 Å². The van der Waals surface area contributed by atoms with E-state index in [1.807, 2.05) is 43.3 Å². The molecule has 0 saturated carbocycles. The van der Waals surface area contributed by atoms with E-state index >= 15 is 0 Å². The molecule has 0 amide bonds. The van der Waals surface area contributed by atoms with Crippen molar-refractivity contribution in [3.63, 3.8) is 0 Å². The normalized spacial score (nSPS) is 12.4. The standard InChI is InChI=1S/C21H29N3O3/c1-5-22-21(24-15-20(27-4)17-9-7-6-8-10-17)23-14-16-11-12-18(25-2)19(13-16)26-3/h6-13,20H,5,14-15H2,1-4H3,(H2,22,23,24). The highest BCUT2D eigenvalue weighted by Crippen LogP contribution is 2.27. The molecule has 0 radical (unpaired) electrons. The van der Waals surface area contributed by atoms with Gasteiger partial charge in [0.05, 0.1) is 26.9 Å². The summed E-state index contributed by atoms with van der Waals surface area (Å²) < 4.78 is 16.2. The van der Waals surface area contributed by atoms with Crippen LogP contribution in [0.5, 0.6) is 11.5 Å². The van der Waals surface area contributed by atoms with Crippen LogP contribution in [-0.2, 0) is 11.3 Å². The molecule has 0 aliphatic carbocycles. The van der Waals surface area contributed by atoms with E-state index in [0.29, 0.717) is 24.6 Å². The van der Waals surface area contributed by atoms with Gasteiger partial charge in [-0.1, -0.05) is 36.4 Å². The van der Waals surface area contributed by atoms with Gasteiger partial charge in [0, 0.05) is 20.2 Å². The average molecular weight is 371 g/mol. The third kappa shape index (κ3) is 6.18. The Kier molecular flexibility index (Phi) is 8.45. The Morgan fingerprint density at radius 3 is 2.33 bits per heavy atom. The van der Waals surface area contributed by atoms with E-state index in [1.165, 1.54) is 0 Å². The average Bonchev–Trinajstić information content (AvgIpc) is 2.72. The van der Waals surface area contributed by atoms with Gasteiger partial charge in [-0.25, -0.2) is 4.99 Å². The first-order valence-corrected chi connectivity index (χ1v) is 9.02. The second kappa shape index (κ2) is 11.1. The Morgan fingerprint density at radius 1 is 0.963 bits per heavy atom. The van der Waals surface area contributed by atoms with Crippen LogP contribution in [0.2, 0.25) is 0 Å². The van der Waals surface area contributed by atoms with Crippen molar-refractivity contribution in [3.8, 4) is 11.5 Å². The maximum atomic E-state index is 5.61. The highest BCUT2D eigenvalue weighted by Gasteiger charge is 2.11. The van der Waals surface area contributed by atoms with Crippen LogP contribution in [0.4, 0.5) is 0 Å². The molecular weight excluding hydrogens is 342 g/mol. The van der Waals surface area contributed by atoms with Crippen molar-refractivity contribution in [1.82, 2.24) is 10.6 Å². The molecule has 1 atom stereocenters. The monoisotopic (exact) mass is 371 g/mol. The smallest absolute Gasteiger partial charge is 0.191 e. The lowest BCUT2D eigenvalue weighted by molar-refractivity contribution is 0.106. The maximum Gasteiger partial charge on any atom is 0.191 e. The number of hydrogen-bond donors (Lipinski definition) is 2. The minimum atomic E-state index is -0.0452. The minimum Gasteiger partial charge on any atom is -0.493 e. The van der Waals surface area contributed by atoms with Gasteiger partial charge in [0.1, 0.15) is 0 Å². The number of aliphatic imine (C=N–C) groups is 1. The molecule has 0 spiro atoms. The Bertz CT molecular complexity index is 720. The second-order valence-electron chi connectivity index (χ2n) is 5.90. The molecule has 0 saturated heterocycles. The number of hydrogen-bond acceptors (Lipinski definition) is 4. The lowest BCUT2D eigenvalue weighted by Crippen LogP contribution is -2.39. The molecule has 1 unspecified atom stereocenters. The van der Waals surface area contributed by atoms with Crippen LogP contribution in [0, 0.1) is 0 Å². The lowest BCUT2D eigenvalue weighted by Gasteiger charge is -2.18. The molecular formula is C21H29N3O3. The summed E-state index contributed by atoms with van der Waals surface area (Å²) in [5, 5.41) is 6.61. The molecule has 6 nitrogen and oxygen atoms in total. The second-order valence-corrected chi connectivity index (χ2v) is 5.90. The van der Waals surface area contributed by atoms with Crippen molar-refractivity contribution in [2.24, 2.45) is 4.99 Å². The first-order valence-electron chi connectivity index (χ1n) is 9.02. The van der Waals surface area contributed by atoms with Crippen LogP contribution in [0.25, 0.3) is 0 Å². The lowest BCUT2D eigenvalue weighted by atomic mass is 10.1. The predicted octanol–water partition coefficient (Wildman–Crippen LogP) is 3.15. The van der Waals surface area contributed by atoms with Gasteiger partial charge in [0.25, 0.3) is 0 Å². The molecule has 6 heteroatoms. The summed E-state index contributed by atoms with van der Waals surface area (Å²) >= 11 is 0. The van der Waals surface area contributed by atoms with Crippen molar-refractivity contribution < 1.29 is 14.2 Å². The zero-order valence-electron chi connectivity index (χ0n) is 16.5. The first kappa shape index (κ1) is 20.6. The van der Waals surface area contributed by atoms with Crippen LogP contribution in [-0.4, -0.2) is 40.4 Å². The van der Waals surface area contributed by atoms with E-state index in [4.69, 9.17) is 14.2 Å². The molecule has 2 N–H and O–H groups in total. The van der Waals surface area contributed by atoms with Crippen LogP contribution >= 0.6 is 0 Å². The summed E-state index contributed by atoms with van der Waals surface area (Å²) in [6.45, 7) is 3.97. The molecule has 0 aromatic heterocycles. The highest BCUT2D eigenvalue weighted by molar-refractivity contribution is 5.79. The topological polar surface area (TPSA) is 64.1 Å². The Morgan fingerprint density at radius 2 is 1.70 bits per heavy atom. The number of guanidine groups is 1. The van der Waals surface area contributed by atoms with E-state index in [0.717, 1.165) is 23.6 Å². The van der Waals surface area contributed by atoms with Gasteiger partial charge in [0.15, 0.2) is 17.5 Å². The third-order valence-corrected chi connectivity index (χ3v) is 4.12. The van der Waals surface area contributed by atoms with E-state index < -0.39 is 0 Å². The van der Waals surface area contributed by atoms with Crippen molar-refractivity contribution >= 4 is 5.96 Å². The van der Waals surface area contributed by atoms with E-state index in [-0.39, 0.29) is 6.10 Å². The van der Waals surface area contributed by atoms with Gasteiger partial charge in [-0.15, -0.1) is 0 Å². The number of nitrogens with zero attached hydrogens (tertiary/aromatic N) is 1. The zero-order valence-corrected chi connectivity index (χ0v) is 16.5. The van der Waals surface area contributed by atoms with Gasteiger partial charge < -0.3 is 24.8 Å². The highest BCUT2D eigenvalue weighted by atomic mass is 16.5. The van der Waals surface area contributed by atoms with Gasteiger partial charge >= 0.3 is 0 Å². The SMILES string of the molecule is CCNC(=NCc1ccc(OC)c(OC)c1)NCC(OC)c1ccccc1. The van der Waals surface area contributed by atoms with E-state index in [2.05, 4.69) is 27.8 Å². The zero-order chi connectivity index (χ0) is 19.5. The number of rotatable bonds is 9. The minimum absolute atomic E-state index is 0.0452. The van der Waals surface area contributed by atoms with Gasteiger partial charge in [-0.3, -0.25) is 0 Å². The predicted molar refractivity (Wildman–Crippen MR) is 109 cm³/mol. The number of methoxy groups -OCH3 is 3. The third-order valence-electron chi connectivity index (χ3n) is 4.12. The number of nitrogens with one attached hydrogen (secondary N) is 2. The summed E-state index contributed by atoms with van der Waals surface area (Å²) in [4.78, 5) is 4.66. The number of benzene rings is 2. The van der Waals surface area contributed by atoms with Crippen LogP contribution in [0.1, 0.15) is 24.2 Å². The molecule has 0 heterocycles. The Hall–Kier alpha value is -2.73. The molecule has 2 aromatic carbocycles. The fourth-order valence-corrected chi connectivity index (χ4v) is 2.69. The quantitative estimate of drug-likeness (QED) is 0.524. The van der Waals surface area contributed by atoms with Crippen LogP contribution in [0.15, 0.2) is 53.5 Å².